The van der Waals surface area contributed by atoms with E-state index in [1.54, 1.807) is 6.20 Å². The number of rotatable bonds is 7. The minimum atomic E-state index is -0.269. The van der Waals surface area contributed by atoms with Crippen LogP contribution in [-0.4, -0.2) is 75.1 Å². The predicted molar refractivity (Wildman–Crippen MR) is 143 cm³/mol. The molecule has 0 aliphatic carbocycles. The Balaban J connectivity index is 1.61. The molecule has 0 radical (unpaired) electrons. The van der Waals surface area contributed by atoms with E-state index in [0.29, 0.717) is 41.8 Å². The van der Waals surface area contributed by atoms with Crippen LogP contribution in [0.1, 0.15) is 71.5 Å². The second-order valence-corrected chi connectivity index (χ2v) is 10.5. The summed E-state index contributed by atoms with van der Waals surface area (Å²) < 4.78 is 1.83. The lowest BCUT2D eigenvalue weighted by Crippen LogP contribution is -2.42. The van der Waals surface area contributed by atoms with Crippen LogP contribution in [0.15, 0.2) is 23.1 Å². The fraction of sp³-hybridized carbons (Fsp3) is 0.519. The number of aryl methyl sites for hydroxylation is 2. The second kappa shape index (κ2) is 10.8. The number of piperidine rings is 1. The van der Waals surface area contributed by atoms with Crippen LogP contribution >= 0.6 is 0 Å². The Morgan fingerprint density at radius 1 is 1.19 bits per heavy atom. The van der Waals surface area contributed by atoms with Crippen molar-refractivity contribution in [2.45, 2.75) is 59.0 Å². The fourth-order valence-corrected chi connectivity index (χ4v) is 4.97. The zero-order valence-corrected chi connectivity index (χ0v) is 22.6. The van der Waals surface area contributed by atoms with Crippen LogP contribution in [0.25, 0.3) is 11.0 Å². The van der Waals surface area contributed by atoms with Gasteiger partial charge < -0.3 is 20.1 Å². The molecule has 0 atom stereocenters. The number of aromatic nitrogens is 4. The number of carbonyl (C=O) groups excluding carboxylic acids is 2. The lowest BCUT2D eigenvalue weighted by molar-refractivity contribution is -0.132. The first-order valence-corrected chi connectivity index (χ1v) is 12.8. The number of carbonyl (C=O) groups is 2. The summed E-state index contributed by atoms with van der Waals surface area (Å²) in [6.07, 6.45) is 3.26. The molecule has 3 aromatic heterocycles. The molecule has 198 valence electrons. The van der Waals surface area contributed by atoms with E-state index in [1.807, 2.05) is 68.4 Å². The van der Waals surface area contributed by atoms with Gasteiger partial charge in [-0.2, -0.15) is 5.10 Å². The van der Waals surface area contributed by atoms with Crippen molar-refractivity contribution in [1.82, 2.24) is 34.9 Å². The normalized spacial score (nSPS) is 14.6. The first-order valence-electron chi connectivity index (χ1n) is 12.8. The van der Waals surface area contributed by atoms with Gasteiger partial charge in [0.2, 0.25) is 5.91 Å². The Morgan fingerprint density at radius 3 is 2.51 bits per heavy atom. The SMILES string of the molecule is Cc1cc(C)c(CNC(=O)c2cc(C3CCN(C(=O)CN(C)C)CC3)nc3c2cnn3C(C)C)c(=O)[nH]1. The van der Waals surface area contributed by atoms with Crippen LogP contribution in [0.4, 0.5) is 0 Å². The maximum Gasteiger partial charge on any atom is 0.253 e. The second-order valence-electron chi connectivity index (χ2n) is 10.5. The number of amides is 2. The molecule has 2 N–H and O–H groups in total. The van der Waals surface area contributed by atoms with Crippen molar-refractivity contribution in [3.8, 4) is 0 Å². The number of pyridine rings is 2. The van der Waals surface area contributed by atoms with E-state index in [4.69, 9.17) is 4.98 Å². The number of aromatic amines is 1. The van der Waals surface area contributed by atoms with Crippen LogP contribution < -0.4 is 10.9 Å². The topological polar surface area (TPSA) is 116 Å². The molecule has 0 unspecified atom stereocenters. The zero-order chi connectivity index (χ0) is 26.9. The number of nitrogens with zero attached hydrogens (tertiary/aromatic N) is 5. The lowest BCUT2D eigenvalue weighted by atomic mass is 9.91. The number of fused-ring (bicyclic) bond motifs is 1. The average molecular weight is 508 g/mol. The smallest absolute Gasteiger partial charge is 0.253 e. The Morgan fingerprint density at radius 2 is 1.89 bits per heavy atom. The summed E-state index contributed by atoms with van der Waals surface area (Å²) in [6.45, 7) is 9.62. The average Bonchev–Trinajstić information content (AvgIpc) is 3.26. The number of likely N-dealkylation sites (N-methyl/N-ethyl adjacent to an activating group) is 1. The molecule has 0 spiro atoms. The summed E-state index contributed by atoms with van der Waals surface area (Å²) in [5.74, 6) is -0.00168. The van der Waals surface area contributed by atoms with E-state index in [0.717, 1.165) is 29.8 Å². The van der Waals surface area contributed by atoms with E-state index >= 15 is 0 Å². The summed E-state index contributed by atoms with van der Waals surface area (Å²) in [5, 5.41) is 8.12. The van der Waals surface area contributed by atoms with Crippen LogP contribution in [0, 0.1) is 13.8 Å². The molecule has 37 heavy (non-hydrogen) atoms. The molecule has 10 heteroatoms. The highest BCUT2D eigenvalue weighted by atomic mass is 16.2. The van der Waals surface area contributed by atoms with Crippen LogP contribution in [0.2, 0.25) is 0 Å². The van der Waals surface area contributed by atoms with E-state index in [1.165, 1.54) is 0 Å². The molecule has 4 heterocycles. The molecule has 0 bridgehead atoms. The first kappa shape index (κ1) is 26.5. The quantitative estimate of drug-likeness (QED) is 0.508. The molecule has 10 nitrogen and oxygen atoms in total. The van der Waals surface area contributed by atoms with Crippen LogP contribution in [0.3, 0.4) is 0 Å². The summed E-state index contributed by atoms with van der Waals surface area (Å²) in [4.78, 5) is 49.9. The third kappa shape index (κ3) is 5.74. The van der Waals surface area contributed by atoms with Gasteiger partial charge in [0.1, 0.15) is 0 Å². The molecule has 1 aliphatic heterocycles. The largest absolute Gasteiger partial charge is 0.348 e. The highest BCUT2D eigenvalue weighted by molar-refractivity contribution is 6.05. The molecular weight excluding hydrogens is 470 g/mol. The van der Waals surface area contributed by atoms with Gasteiger partial charge in [-0.05, 0) is 72.3 Å². The summed E-state index contributed by atoms with van der Waals surface area (Å²) >= 11 is 0. The Bertz CT molecular complexity index is 1360. The number of hydrogen-bond donors (Lipinski definition) is 2. The van der Waals surface area contributed by atoms with E-state index in [2.05, 4.69) is 15.4 Å². The lowest BCUT2D eigenvalue weighted by Gasteiger charge is -2.32. The fourth-order valence-electron chi connectivity index (χ4n) is 4.97. The molecular formula is C27H37N7O3. The minimum absolute atomic E-state index is 0.0791. The molecule has 2 amide bonds. The van der Waals surface area contributed by atoms with Crippen molar-refractivity contribution < 1.29 is 9.59 Å². The number of nitrogens with one attached hydrogen (secondary N) is 2. The van der Waals surface area contributed by atoms with Crippen molar-refractivity contribution in [3.63, 3.8) is 0 Å². The molecule has 4 rings (SSSR count). The number of hydrogen-bond acceptors (Lipinski definition) is 6. The van der Waals surface area contributed by atoms with E-state index < -0.39 is 0 Å². The molecule has 0 saturated carbocycles. The van der Waals surface area contributed by atoms with Gasteiger partial charge in [-0.1, -0.05) is 0 Å². The summed E-state index contributed by atoms with van der Waals surface area (Å²) in [7, 11) is 3.79. The van der Waals surface area contributed by atoms with Crippen molar-refractivity contribution in [3.05, 3.63) is 56.8 Å². The van der Waals surface area contributed by atoms with Crippen molar-refractivity contribution >= 4 is 22.8 Å². The highest BCUT2D eigenvalue weighted by Crippen LogP contribution is 2.31. The predicted octanol–water partition coefficient (Wildman–Crippen LogP) is 2.51. The van der Waals surface area contributed by atoms with Crippen LogP contribution in [0.5, 0.6) is 0 Å². The van der Waals surface area contributed by atoms with Crippen molar-refractivity contribution in [2.24, 2.45) is 0 Å². The zero-order valence-electron chi connectivity index (χ0n) is 22.6. The molecule has 0 aromatic carbocycles. The minimum Gasteiger partial charge on any atom is -0.348 e. The summed E-state index contributed by atoms with van der Waals surface area (Å²) in [6, 6.07) is 3.84. The van der Waals surface area contributed by atoms with Gasteiger partial charge in [0.25, 0.3) is 11.5 Å². The van der Waals surface area contributed by atoms with Gasteiger partial charge in [-0.15, -0.1) is 0 Å². The first-order chi connectivity index (χ1) is 17.5. The number of likely N-dealkylation sites (tertiary alicyclic amines) is 1. The highest BCUT2D eigenvalue weighted by Gasteiger charge is 2.27. The van der Waals surface area contributed by atoms with Gasteiger partial charge >= 0.3 is 0 Å². The van der Waals surface area contributed by atoms with E-state index in [-0.39, 0.29) is 35.9 Å². The third-order valence-corrected chi connectivity index (χ3v) is 6.96. The standard InChI is InChI=1S/C27H37N7O3/c1-16(2)34-25-22(14-29-34)20(26(36)28-13-21-17(3)11-18(4)30-27(21)37)12-23(31-25)19-7-9-33(10-8-19)24(35)15-32(5)6/h11-12,14,16,19H,7-10,13,15H2,1-6H3,(H,28,36)(H,30,37). The molecule has 1 saturated heterocycles. The van der Waals surface area contributed by atoms with Crippen molar-refractivity contribution in [2.75, 3.05) is 33.7 Å². The van der Waals surface area contributed by atoms with Crippen LogP contribution in [-0.2, 0) is 11.3 Å². The van der Waals surface area contributed by atoms with Crippen molar-refractivity contribution in [1.29, 1.82) is 0 Å². The van der Waals surface area contributed by atoms with Gasteiger partial charge in [0.15, 0.2) is 5.65 Å². The third-order valence-electron chi connectivity index (χ3n) is 6.96. The molecule has 3 aromatic rings. The maximum atomic E-state index is 13.4. The number of H-pyrrole nitrogens is 1. The monoisotopic (exact) mass is 507 g/mol. The van der Waals surface area contributed by atoms with E-state index in [9.17, 15) is 14.4 Å². The van der Waals surface area contributed by atoms with Gasteiger partial charge in [0.05, 0.1) is 23.7 Å². The van der Waals surface area contributed by atoms with Gasteiger partial charge in [-0.3, -0.25) is 14.4 Å². The molecule has 1 aliphatic rings. The maximum absolute atomic E-state index is 13.4. The summed E-state index contributed by atoms with van der Waals surface area (Å²) in [5.41, 5.74) is 3.98. The Labute approximate surface area is 217 Å². The van der Waals surface area contributed by atoms with Gasteiger partial charge in [-0.25, -0.2) is 9.67 Å². The molecule has 1 fully saturated rings. The van der Waals surface area contributed by atoms with Gasteiger partial charge in [0, 0.05) is 48.5 Å². The Hall–Kier alpha value is -3.53. The Kier molecular flexibility index (Phi) is 7.77.